The van der Waals surface area contributed by atoms with E-state index in [4.69, 9.17) is 68.9 Å². The number of nitrogens with one attached hydrogen (secondary N) is 1. The number of nitrogen functional groups attached to an aromatic ring is 3. The number of terminal acetylenes is 1. The predicted octanol–water partition coefficient (Wildman–Crippen LogP) is 11.7. The van der Waals surface area contributed by atoms with Crippen LogP contribution in [0.2, 0.25) is 5.02 Å². The summed E-state index contributed by atoms with van der Waals surface area (Å²) in [5.74, 6) is 8.36. The van der Waals surface area contributed by atoms with E-state index < -0.39 is 33.2 Å². The van der Waals surface area contributed by atoms with Gasteiger partial charge in [0.25, 0.3) is 0 Å². The topological polar surface area (TPSA) is 267 Å². The first-order valence-corrected chi connectivity index (χ1v) is 36.0. The minimum absolute atomic E-state index is 0. The Labute approximate surface area is 1340 Å². The number of nitrogens with two attached hydrogens (primary N) is 3. The molecule has 21 nitrogen and oxygen atoms in total. The van der Waals surface area contributed by atoms with Gasteiger partial charge in [-0.15, -0.1) is 12.3 Å². The molecule has 0 aliphatic heterocycles. The van der Waals surface area contributed by atoms with Crippen LogP contribution in [-0.2, 0) is 32.5 Å². The van der Waals surface area contributed by atoms with Crippen molar-refractivity contribution in [3.8, 4) is 41.1 Å². The van der Waals surface area contributed by atoms with Crippen molar-refractivity contribution in [3.05, 3.63) is 97.6 Å². The molecule has 0 amide bonds. The van der Waals surface area contributed by atoms with Crippen LogP contribution in [0, 0.1) is 877 Å². The largest absolute Gasteiger partial charge is 0 e. The van der Waals surface area contributed by atoms with Gasteiger partial charge in [0.1, 0.15) is 30.1 Å². The van der Waals surface area contributed by atoms with Gasteiger partial charge in [0.2, 0.25) is 0 Å². The van der Waals surface area contributed by atoms with Crippen molar-refractivity contribution >= 4 is 124 Å². The fourth-order valence-corrected chi connectivity index (χ4v) is 11.0. The van der Waals surface area contributed by atoms with Crippen LogP contribution in [0.4, 0.5) is 23.9 Å². The van der Waals surface area contributed by atoms with Crippen molar-refractivity contribution in [3.63, 3.8) is 0 Å². The van der Waals surface area contributed by atoms with Gasteiger partial charge in [-0.2, -0.15) is 34.2 Å². The van der Waals surface area contributed by atoms with Gasteiger partial charge in [-0.1, -0.05) is 63.5 Å². The first-order valence-electron chi connectivity index (χ1n) is 27.0. The van der Waals surface area contributed by atoms with Crippen molar-refractivity contribution in [2.24, 2.45) is 5.41 Å². The van der Waals surface area contributed by atoms with E-state index in [0.717, 1.165) is 109 Å². The van der Waals surface area contributed by atoms with Crippen LogP contribution >= 0.6 is 73.4 Å². The van der Waals surface area contributed by atoms with Crippen molar-refractivity contribution in [1.29, 1.82) is 0 Å². The number of fused-ring (bicyclic) bond motifs is 3. The van der Waals surface area contributed by atoms with Crippen LogP contribution in [-0.4, -0.2) is 107 Å². The standard InChI is InChI=1S/C20H21ClFN5O2.C19H25IN6OS.C19H25N5O2.ClH.FH.2H3P.27U/c1-5-6-7-8-27-14(24-16-18(23)25-20(22)26-19(16)27)10-12-9-13(28-3)17(29-4)11(2)15(12)21;1-19(2,3)10-22-7-8-26-17-15(16(21)23-11-24-17)25-18(26)28-14-9-12(27-4)5-6-13(14)20;1-5-6-7-24-15(23-16-18(20)21-11-22-19(16)24)10-13-8-12(2)17(26-4)14(9-13)25-3;;;;;;;;;;;;;;;;;;;;;;;;;;;;;;;/h1,9H,6-8,10H2,2-4H3,(H2,23,25,26);5-6,9,11,22H,7-8,10H2,1-4H3,(H2,21,23,24);8-9,11H,5-7,10H2,1-4H3,(H2,20,21,22);2*1H;2*1H3;;;;;;;;;;;;;;;;;;;;;;;;;;;/q;;;;;;;;;;;;;;;;;;;;;;;;;;;;;;;;;+2/p-2. The van der Waals surface area contributed by atoms with E-state index in [1.165, 1.54) is 12.7 Å². The van der Waals surface area contributed by atoms with Gasteiger partial charge < -0.3 is 59.9 Å². The van der Waals surface area contributed by atoms with E-state index >= 15 is 0 Å². The van der Waals surface area contributed by atoms with Crippen LogP contribution in [0.15, 0.2) is 59.1 Å². The zero-order valence-corrected chi connectivity index (χ0v) is 184. The van der Waals surface area contributed by atoms with Gasteiger partial charge in [0.05, 0.1) is 40.6 Å². The molecule has 0 spiro atoms. The molecule has 2 unspecified atom stereocenters. The fourth-order valence-electron chi connectivity index (χ4n) is 9.12. The molecule has 56 heteroatoms. The van der Waals surface area contributed by atoms with E-state index in [1.54, 1.807) is 57.9 Å². The number of hydrogen-bond acceptors (Lipinski definition) is 19. The summed E-state index contributed by atoms with van der Waals surface area (Å²) < 4.78 is 58.3. The van der Waals surface area contributed by atoms with Crippen molar-refractivity contribution in [1.82, 2.24) is 63.9 Å². The second-order valence-electron chi connectivity index (χ2n) is 20.4. The van der Waals surface area contributed by atoms with E-state index in [1.807, 2.05) is 38.1 Å². The monoisotopic (exact) mass is 7830 g/mol. The second kappa shape index (κ2) is 109. The Kier molecular flexibility index (Phi) is 186. The van der Waals surface area contributed by atoms with Gasteiger partial charge >= 0.3 is 42.9 Å². The molecule has 0 radical (unpaired) electrons. The van der Waals surface area contributed by atoms with E-state index in [2.05, 4.69) is 119 Å². The number of benzene rings is 3. The molecule has 2 atom stereocenters. The maximum Gasteiger partial charge on any atom is 0 e. The second-order valence-corrected chi connectivity index (χ2v) is 24.9. The number of hydrogen-bond donors (Lipinski definition) is 4. The average molecular weight is 7830 g/mol. The molecular formula is C58H77Cl2F2IN16O5P2SU27. The number of rotatable bonds is 21. The Bertz CT molecular complexity index is 3900. The fraction of sp³-hybridized carbons (Fsp3) is 0.397. The molecule has 3 aromatic carbocycles. The molecule has 578 valence electrons. The summed E-state index contributed by atoms with van der Waals surface area (Å²) in [6.45, 7) is 16.5. The number of methoxy groups -OCH3 is 5. The van der Waals surface area contributed by atoms with Crippen LogP contribution in [0.5, 0.6) is 28.7 Å². The zero-order valence-electron chi connectivity index (χ0n) is 64.3. The number of anilines is 3. The molecular weight excluding hydrogens is 7760 g/mol. The number of aryl methyl sites for hydroxylation is 3. The zero-order chi connectivity index (χ0) is 62.8. The Balaban J connectivity index is -0.0000000455. The third-order valence-electron chi connectivity index (χ3n) is 13.1. The van der Waals surface area contributed by atoms with Crippen molar-refractivity contribution in [2.75, 3.05) is 65.8 Å². The smallest absolute Gasteiger partial charge is 0 e. The number of nitrogens with zero attached hydrogens (tertiary/aromatic N) is 12. The SMILES string of the molecule is C#CCCCn1c(Cc2cc(OC)c(OC)c(C)c2Cl)nc2c(N)nc(F)nc21.CCCCn1c(Cc2cc(C)c(OC)c(OC)c2)nc2c(N)ncnc21.COc1ccc(I)c(Sc2nc3c(N)ncnc3n2CCNCC(C)(C)C)c1.P.P.[F][U][Cl].[U].[U].[U].[U].[U].[U].[U].[U].[U].[U].[U].[U].[U].[U].[U].[U].[U].[U].[U].[U].[U].[U].[U].[U].[U].[U]. The summed E-state index contributed by atoms with van der Waals surface area (Å²) in [4.78, 5) is 39.5. The first-order chi connectivity index (χ1) is 41.2. The minimum Gasteiger partial charge on any atom is 0 e. The predicted molar refractivity (Wildman–Crippen MR) is 363 cm³/mol. The molecule has 0 aliphatic carbocycles. The van der Waals surface area contributed by atoms with Crippen LogP contribution in [0.3, 0.4) is 0 Å². The molecule has 114 heavy (non-hydrogen) atoms. The number of halogens is 5. The van der Waals surface area contributed by atoms with Gasteiger partial charge in [-0.05, 0) is 102 Å². The first kappa shape index (κ1) is 194. The quantitative estimate of drug-likeness (QED) is 0.0171. The molecule has 0 fully saturated rings. The maximum absolute atomic E-state index is 13.8. The third kappa shape index (κ3) is 65.7. The number of imidazole rings is 3. The van der Waals surface area contributed by atoms with E-state index in [9.17, 15) is 6.49 Å². The summed E-state index contributed by atoms with van der Waals surface area (Å²) in [6.07, 6.45) is 11.8. The molecule has 9 rings (SSSR count). The molecule has 9 aromatic rings. The molecule has 6 heterocycles. The molecule has 6 aromatic heterocycles. The van der Waals surface area contributed by atoms with Crippen molar-refractivity contribution in [2.45, 2.75) is 110 Å². The molecule has 0 bridgehead atoms. The van der Waals surface area contributed by atoms with Crippen molar-refractivity contribution < 1.29 is 866 Å². The molecule has 0 saturated carbocycles. The Morgan fingerprint density at radius 3 is 1.47 bits per heavy atom. The summed E-state index contributed by atoms with van der Waals surface area (Å²) >= 11 is 8.45. The van der Waals surface area contributed by atoms with Crippen LogP contribution in [0.25, 0.3) is 33.5 Å². The van der Waals surface area contributed by atoms with E-state index in [0.29, 0.717) is 88.4 Å². The summed E-state index contributed by atoms with van der Waals surface area (Å²) in [6, 6.07) is 11.9. The number of unbranched alkanes of at least 4 members (excludes halogenated alkanes) is 2. The van der Waals surface area contributed by atoms with E-state index in [-0.39, 0.29) is 840 Å². The Morgan fingerprint density at radius 1 is 0.570 bits per heavy atom. The molecule has 0 aliphatic rings. The Hall–Kier alpha value is 22.0. The summed E-state index contributed by atoms with van der Waals surface area (Å²) in [5, 5.41) is 4.89. The number of ether oxygens (including phenoxy) is 5. The van der Waals surface area contributed by atoms with Gasteiger partial charge in [0.15, 0.2) is 79.1 Å². The average Bonchev–Trinajstić information content (AvgIpc) is 1.62. The Morgan fingerprint density at radius 2 is 1.02 bits per heavy atom. The van der Waals surface area contributed by atoms with Crippen LogP contribution < -0.4 is 46.2 Å². The molecule has 7 N–H and O–H groups in total. The third-order valence-corrected chi connectivity index (χ3v) is 16.0. The normalized spacial score (nSPS) is 8.31. The minimum atomic E-state index is -2.03. The maximum atomic E-state index is 13.8. The summed E-state index contributed by atoms with van der Waals surface area (Å²) in [5.41, 5.74) is 25.3. The van der Waals surface area contributed by atoms with Gasteiger partial charge in [-0.25, -0.2) is 34.9 Å². The van der Waals surface area contributed by atoms with Crippen LogP contribution in [0.1, 0.15) is 87.3 Å². The van der Waals surface area contributed by atoms with Gasteiger partial charge in [0, 0.05) is 875 Å². The number of aromatic nitrogens is 12. The summed E-state index contributed by atoms with van der Waals surface area (Å²) in [7, 11) is 12.6. The molecule has 0 saturated heterocycles. The van der Waals surface area contributed by atoms with Gasteiger partial charge in [-0.3, -0.25) is 0 Å².